The summed E-state index contributed by atoms with van der Waals surface area (Å²) in [5.74, 6) is 2.38. The SMILES string of the molecule is COc1ccc(Br)c(CC2CCN(CC[C@H]3CC[C@H](NS(=O)(=O)N4CCOCC4)CC3)CC2)c1. The zero-order chi connectivity index (χ0) is 24.0. The lowest BCUT2D eigenvalue weighted by Gasteiger charge is -2.35. The molecular formula is C25H40BrN3O4S. The van der Waals surface area contributed by atoms with Gasteiger partial charge in [-0.15, -0.1) is 0 Å². The summed E-state index contributed by atoms with van der Waals surface area (Å²) in [4.78, 5) is 2.63. The number of nitrogens with one attached hydrogen (secondary N) is 1. The summed E-state index contributed by atoms with van der Waals surface area (Å²) < 4.78 is 41.5. The maximum atomic E-state index is 12.6. The monoisotopic (exact) mass is 557 g/mol. The Bertz CT molecular complexity index is 878. The summed E-state index contributed by atoms with van der Waals surface area (Å²) in [6.45, 7) is 5.43. The zero-order valence-electron chi connectivity index (χ0n) is 20.4. The normalized spacial score (nSPS) is 25.9. The molecule has 1 aromatic rings. The number of likely N-dealkylation sites (tertiary alicyclic amines) is 1. The Hall–Kier alpha value is -0.710. The van der Waals surface area contributed by atoms with Crippen molar-refractivity contribution in [3.05, 3.63) is 28.2 Å². The molecule has 3 fully saturated rings. The van der Waals surface area contributed by atoms with Crippen LogP contribution in [0.15, 0.2) is 22.7 Å². The van der Waals surface area contributed by atoms with Gasteiger partial charge >= 0.3 is 0 Å². The lowest BCUT2D eigenvalue weighted by atomic mass is 9.84. The van der Waals surface area contributed by atoms with Crippen molar-refractivity contribution < 1.29 is 17.9 Å². The first-order valence-electron chi connectivity index (χ1n) is 12.8. The highest BCUT2D eigenvalue weighted by atomic mass is 79.9. The molecule has 1 aliphatic carbocycles. The average Bonchev–Trinajstić information content (AvgIpc) is 2.86. The Kier molecular flexibility index (Phi) is 9.69. The smallest absolute Gasteiger partial charge is 0.279 e. The zero-order valence-corrected chi connectivity index (χ0v) is 22.8. The quantitative estimate of drug-likeness (QED) is 0.499. The number of benzene rings is 1. The van der Waals surface area contributed by atoms with E-state index in [9.17, 15) is 8.42 Å². The molecule has 3 aliphatic rings. The van der Waals surface area contributed by atoms with E-state index in [1.165, 1.54) is 53.2 Å². The van der Waals surface area contributed by atoms with Crippen molar-refractivity contribution >= 4 is 26.1 Å². The fraction of sp³-hybridized carbons (Fsp3) is 0.760. The number of ether oxygens (including phenoxy) is 2. The molecule has 7 nitrogen and oxygen atoms in total. The Morgan fingerprint density at radius 2 is 1.74 bits per heavy atom. The fourth-order valence-corrected chi connectivity index (χ4v) is 7.41. The molecular weight excluding hydrogens is 518 g/mol. The molecule has 1 N–H and O–H groups in total. The molecule has 34 heavy (non-hydrogen) atoms. The van der Waals surface area contributed by atoms with Crippen LogP contribution in [0.25, 0.3) is 0 Å². The molecule has 1 saturated carbocycles. The molecule has 0 bridgehead atoms. The van der Waals surface area contributed by atoms with Crippen molar-refractivity contribution in [3.63, 3.8) is 0 Å². The van der Waals surface area contributed by atoms with Crippen LogP contribution < -0.4 is 9.46 Å². The van der Waals surface area contributed by atoms with E-state index < -0.39 is 10.2 Å². The van der Waals surface area contributed by atoms with Gasteiger partial charge < -0.3 is 14.4 Å². The molecule has 0 radical (unpaired) electrons. The minimum absolute atomic E-state index is 0.0794. The highest BCUT2D eigenvalue weighted by molar-refractivity contribution is 9.10. The van der Waals surface area contributed by atoms with Crippen LogP contribution in [-0.2, 0) is 21.4 Å². The van der Waals surface area contributed by atoms with Gasteiger partial charge in [0.2, 0.25) is 0 Å². The molecule has 0 amide bonds. The van der Waals surface area contributed by atoms with Crippen LogP contribution in [-0.4, -0.2) is 76.7 Å². The summed E-state index contributed by atoms with van der Waals surface area (Å²) in [6, 6.07) is 6.33. The molecule has 0 aromatic heterocycles. The van der Waals surface area contributed by atoms with Crippen molar-refractivity contribution in [2.45, 2.75) is 57.4 Å². The summed E-state index contributed by atoms with van der Waals surface area (Å²) in [7, 11) is -1.66. The number of morpholine rings is 1. The van der Waals surface area contributed by atoms with Gasteiger partial charge in [0.1, 0.15) is 5.75 Å². The Morgan fingerprint density at radius 1 is 1.03 bits per heavy atom. The average molecular weight is 559 g/mol. The van der Waals surface area contributed by atoms with Crippen molar-refractivity contribution in [3.8, 4) is 5.75 Å². The van der Waals surface area contributed by atoms with Gasteiger partial charge in [-0.3, -0.25) is 0 Å². The number of nitrogens with zero attached hydrogens (tertiary/aromatic N) is 2. The van der Waals surface area contributed by atoms with E-state index in [2.05, 4.69) is 37.7 Å². The van der Waals surface area contributed by atoms with Crippen LogP contribution in [0.4, 0.5) is 0 Å². The number of rotatable bonds is 9. The first-order valence-corrected chi connectivity index (χ1v) is 15.1. The number of methoxy groups -OCH3 is 1. The van der Waals surface area contributed by atoms with Gasteiger partial charge in [0.15, 0.2) is 0 Å². The lowest BCUT2D eigenvalue weighted by Crippen LogP contribution is -2.50. The number of halogens is 1. The summed E-state index contributed by atoms with van der Waals surface area (Å²) in [6.07, 6.45) is 8.98. The second kappa shape index (κ2) is 12.5. The van der Waals surface area contributed by atoms with E-state index in [-0.39, 0.29) is 6.04 Å². The molecule has 9 heteroatoms. The third kappa shape index (κ3) is 7.40. The van der Waals surface area contributed by atoms with E-state index in [1.807, 2.05) is 6.07 Å². The topological polar surface area (TPSA) is 71.1 Å². The molecule has 2 saturated heterocycles. The number of piperidine rings is 1. The van der Waals surface area contributed by atoms with Gasteiger partial charge in [-0.1, -0.05) is 15.9 Å². The second-order valence-corrected chi connectivity index (χ2v) is 12.6. The minimum atomic E-state index is -3.38. The van der Waals surface area contributed by atoms with Crippen LogP contribution >= 0.6 is 15.9 Å². The van der Waals surface area contributed by atoms with Crippen LogP contribution in [0.3, 0.4) is 0 Å². The van der Waals surface area contributed by atoms with Crippen molar-refractivity contribution in [2.24, 2.45) is 11.8 Å². The van der Waals surface area contributed by atoms with E-state index in [1.54, 1.807) is 7.11 Å². The highest BCUT2D eigenvalue weighted by Gasteiger charge is 2.30. The van der Waals surface area contributed by atoms with Gasteiger partial charge in [-0.2, -0.15) is 17.4 Å². The molecule has 0 unspecified atom stereocenters. The third-order valence-electron chi connectivity index (χ3n) is 7.79. The van der Waals surface area contributed by atoms with E-state index in [0.717, 1.165) is 49.7 Å². The summed E-state index contributed by atoms with van der Waals surface area (Å²) in [5.41, 5.74) is 1.35. The first-order chi connectivity index (χ1) is 16.4. The number of hydrogen-bond donors (Lipinski definition) is 1. The predicted octanol–water partition coefficient (Wildman–Crippen LogP) is 3.83. The van der Waals surface area contributed by atoms with Crippen molar-refractivity contribution in [2.75, 3.05) is 53.0 Å². The van der Waals surface area contributed by atoms with Gasteiger partial charge in [0.25, 0.3) is 10.2 Å². The van der Waals surface area contributed by atoms with Crippen LogP contribution in [0.1, 0.15) is 50.5 Å². The van der Waals surface area contributed by atoms with E-state index in [0.29, 0.717) is 26.3 Å². The highest BCUT2D eigenvalue weighted by Crippen LogP contribution is 2.31. The Labute approximate surface area is 213 Å². The molecule has 192 valence electrons. The van der Waals surface area contributed by atoms with Crippen LogP contribution in [0, 0.1) is 11.8 Å². The Balaban J connectivity index is 1.13. The minimum Gasteiger partial charge on any atom is -0.497 e. The molecule has 4 rings (SSSR count). The largest absolute Gasteiger partial charge is 0.497 e. The standard InChI is InChI=1S/C25H40BrN3O4S/c1-32-24-6-7-25(26)22(19-24)18-21-9-12-28(13-10-21)11-8-20-2-4-23(5-3-20)27-34(30,31)29-14-16-33-17-15-29/h6-7,19-21,23,27H,2-5,8-18H2,1H3/t20-,23-. The van der Waals surface area contributed by atoms with Gasteiger partial charge in [0.05, 0.1) is 20.3 Å². The molecule has 2 heterocycles. The Morgan fingerprint density at radius 3 is 2.41 bits per heavy atom. The molecule has 1 aromatic carbocycles. The van der Waals surface area contributed by atoms with Crippen molar-refractivity contribution in [1.29, 1.82) is 0 Å². The maximum Gasteiger partial charge on any atom is 0.279 e. The van der Waals surface area contributed by atoms with Crippen LogP contribution in [0.2, 0.25) is 0 Å². The second-order valence-electron chi connectivity index (χ2n) is 10.1. The molecule has 0 spiro atoms. The maximum absolute atomic E-state index is 12.6. The first kappa shape index (κ1) is 26.4. The van der Waals surface area contributed by atoms with Crippen molar-refractivity contribution in [1.82, 2.24) is 13.9 Å². The molecule has 0 atom stereocenters. The van der Waals surface area contributed by atoms with E-state index >= 15 is 0 Å². The van der Waals surface area contributed by atoms with E-state index in [4.69, 9.17) is 9.47 Å². The lowest BCUT2D eigenvalue weighted by molar-refractivity contribution is 0.0721. The fourth-order valence-electron chi connectivity index (χ4n) is 5.57. The molecule has 2 aliphatic heterocycles. The van der Waals surface area contributed by atoms with Gasteiger partial charge in [-0.25, -0.2) is 0 Å². The summed E-state index contributed by atoms with van der Waals surface area (Å²) >= 11 is 3.70. The van der Waals surface area contributed by atoms with Gasteiger partial charge in [-0.05, 0) is 107 Å². The van der Waals surface area contributed by atoms with Crippen LogP contribution in [0.5, 0.6) is 5.75 Å². The number of hydrogen-bond acceptors (Lipinski definition) is 5. The third-order valence-corrected chi connectivity index (χ3v) is 10.2. The predicted molar refractivity (Wildman–Crippen MR) is 138 cm³/mol. The van der Waals surface area contributed by atoms with Gasteiger partial charge in [0, 0.05) is 23.6 Å². The summed E-state index contributed by atoms with van der Waals surface area (Å²) in [5, 5.41) is 0.